The molecule has 0 spiro atoms. The number of benzene rings is 2. The van der Waals surface area contributed by atoms with Crippen molar-refractivity contribution < 1.29 is 42.9 Å². The molecular weight excluding hydrogens is 446 g/mol. The Hall–Kier alpha value is -4.08. The summed E-state index contributed by atoms with van der Waals surface area (Å²) in [6.07, 6.45) is 0. The van der Waals surface area contributed by atoms with Gasteiger partial charge in [0.25, 0.3) is 5.91 Å². The first kappa shape index (κ1) is 26.2. The van der Waals surface area contributed by atoms with E-state index < -0.39 is 30.4 Å². The van der Waals surface area contributed by atoms with Gasteiger partial charge in [-0.15, -0.1) is 0 Å². The molecule has 0 aromatic heterocycles. The second-order valence-corrected chi connectivity index (χ2v) is 7.48. The fraction of sp³-hybridized carbons (Fsp3) is 0.333. The fourth-order valence-corrected chi connectivity index (χ4v) is 2.75. The second-order valence-electron chi connectivity index (χ2n) is 7.48. The van der Waals surface area contributed by atoms with Crippen molar-refractivity contribution in [2.24, 2.45) is 5.92 Å². The van der Waals surface area contributed by atoms with E-state index in [-0.39, 0.29) is 22.4 Å². The Morgan fingerprint density at radius 1 is 0.794 bits per heavy atom. The van der Waals surface area contributed by atoms with E-state index in [1.807, 2.05) is 13.8 Å². The Balaban J connectivity index is 2.06. The van der Waals surface area contributed by atoms with Crippen LogP contribution in [0.4, 0.5) is 5.69 Å². The van der Waals surface area contributed by atoms with E-state index in [0.717, 1.165) is 0 Å². The van der Waals surface area contributed by atoms with E-state index in [0.29, 0.717) is 24.0 Å². The highest BCUT2D eigenvalue weighted by Crippen LogP contribution is 2.28. The Bertz CT molecular complexity index is 1030. The van der Waals surface area contributed by atoms with Crippen LogP contribution in [-0.2, 0) is 19.0 Å². The number of anilines is 1. The maximum absolute atomic E-state index is 12.4. The van der Waals surface area contributed by atoms with Gasteiger partial charge in [0, 0.05) is 5.69 Å². The van der Waals surface area contributed by atoms with Crippen LogP contribution in [0.5, 0.6) is 11.5 Å². The highest BCUT2D eigenvalue weighted by atomic mass is 16.5. The molecule has 2 aromatic carbocycles. The summed E-state index contributed by atoms with van der Waals surface area (Å²) in [7, 11) is 3.82. The lowest BCUT2D eigenvalue weighted by Gasteiger charge is -2.13. The number of methoxy groups -OCH3 is 3. The molecule has 182 valence electrons. The third-order valence-corrected chi connectivity index (χ3v) is 4.36. The van der Waals surface area contributed by atoms with Gasteiger partial charge in [0.05, 0.1) is 44.6 Å². The molecule has 0 unspecified atom stereocenters. The van der Waals surface area contributed by atoms with E-state index in [1.54, 1.807) is 6.07 Å². The van der Waals surface area contributed by atoms with Gasteiger partial charge in [-0.2, -0.15) is 0 Å². The minimum Gasteiger partial charge on any atom is -0.493 e. The van der Waals surface area contributed by atoms with E-state index in [4.69, 9.17) is 14.2 Å². The zero-order chi connectivity index (χ0) is 25.3. The molecule has 0 aliphatic heterocycles. The van der Waals surface area contributed by atoms with Crippen LogP contribution in [0, 0.1) is 5.92 Å². The number of nitrogens with one attached hydrogen (secondary N) is 1. The van der Waals surface area contributed by atoms with E-state index in [2.05, 4.69) is 14.8 Å². The average molecular weight is 473 g/mol. The molecule has 0 aliphatic rings. The number of rotatable bonds is 10. The van der Waals surface area contributed by atoms with Gasteiger partial charge in [0.15, 0.2) is 18.1 Å². The molecule has 34 heavy (non-hydrogen) atoms. The fourth-order valence-electron chi connectivity index (χ4n) is 2.75. The molecule has 2 rings (SSSR count). The number of carbonyl (C=O) groups excluding carboxylic acids is 4. The molecule has 0 saturated carbocycles. The van der Waals surface area contributed by atoms with Gasteiger partial charge in [-0.1, -0.05) is 13.8 Å². The molecule has 0 radical (unpaired) electrons. The molecule has 0 aliphatic carbocycles. The molecule has 0 heterocycles. The molecule has 0 fully saturated rings. The lowest BCUT2D eigenvalue weighted by atomic mass is 10.1. The van der Waals surface area contributed by atoms with Crippen LogP contribution in [0.2, 0.25) is 0 Å². The van der Waals surface area contributed by atoms with Crippen LogP contribution in [0.1, 0.15) is 44.9 Å². The van der Waals surface area contributed by atoms with Gasteiger partial charge >= 0.3 is 17.9 Å². The van der Waals surface area contributed by atoms with Crippen LogP contribution < -0.4 is 14.8 Å². The van der Waals surface area contributed by atoms with E-state index in [9.17, 15) is 19.2 Å². The van der Waals surface area contributed by atoms with Gasteiger partial charge in [0.2, 0.25) is 0 Å². The smallest absolute Gasteiger partial charge is 0.338 e. The predicted molar refractivity (Wildman–Crippen MR) is 121 cm³/mol. The van der Waals surface area contributed by atoms with Crippen LogP contribution >= 0.6 is 0 Å². The summed E-state index contributed by atoms with van der Waals surface area (Å²) in [5.41, 5.74) is 0.356. The van der Waals surface area contributed by atoms with Crippen molar-refractivity contribution in [2.75, 3.05) is 39.9 Å². The maximum Gasteiger partial charge on any atom is 0.338 e. The molecule has 0 saturated heterocycles. The third kappa shape index (κ3) is 7.22. The topological polar surface area (TPSA) is 126 Å². The number of amides is 1. The quantitative estimate of drug-likeness (QED) is 0.409. The van der Waals surface area contributed by atoms with Crippen molar-refractivity contribution in [3.63, 3.8) is 0 Å². The standard InChI is InChI=1S/C24H27NO9/c1-14(2)12-33-19-7-6-15(11-20(19)30-3)24(29)34-13-21(26)25-18-9-16(22(27)31-4)8-17(10-18)23(28)32-5/h6-11,14H,12-13H2,1-5H3,(H,25,26). The van der Waals surface area contributed by atoms with E-state index >= 15 is 0 Å². The van der Waals surface area contributed by atoms with Crippen molar-refractivity contribution in [1.29, 1.82) is 0 Å². The molecule has 10 heteroatoms. The second kappa shape index (κ2) is 12.2. The van der Waals surface area contributed by atoms with Crippen molar-refractivity contribution in [1.82, 2.24) is 0 Å². The van der Waals surface area contributed by atoms with Crippen molar-refractivity contribution >= 4 is 29.5 Å². The molecule has 1 N–H and O–H groups in total. The van der Waals surface area contributed by atoms with Crippen LogP contribution in [0.25, 0.3) is 0 Å². The first-order valence-corrected chi connectivity index (χ1v) is 10.3. The zero-order valence-corrected chi connectivity index (χ0v) is 19.6. The molecule has 10 nitrogen and oxygen atoms in total. The number of hydrogen-bond acceptors (Lipinski definition) is 9. The minimum atomic E-state index is -0.748. The van der Waals surface area contributed by atoms with Gasteiger partial charge in [-0.05, 0) is 42.3 Å². The van der Waals surface area contributed by atoms with E-state index in [1.165, 1.54) is 51.7 Å². The van der Waals surface area contributed by atoms with Gasteiger partial charge in [0.1, 0.15) is 0 Å². The Morgan fingerprint density at radius 2 is 1.41 bits per heavy atom. The first-order chi connectivity index (χ1) is 16.2. The van der Waals surface area contributed by atoms with Gasteiger partial charge < -0.3 is 29.0 Å². The first-order valence-electron chi connectivity index (χ1n) is 10.3. The summed E-state index contributed by atoms with van der Waals surface area (Å²) < 4.78 is 25.3. The minimum absolute atomic E-state index is 0.0320. The summed E-state index contributed by atoms with van der Waals surface area (Å²) in [5.74, 6) is -1.70. The van der Waals surface area contributed by atoms with Crippen LogP contribution in [0.15, 0.2) is 36.4 Å². The van der Waals surface area contributed by atoms with Gasteiger partial charge in [-0.3, -0.25) is 4.79 Å². The summed E-state index contributed by atoms with van der Waals surface area (Å²) in [5, 5.41) is 2.47. The van der Waals surface area contributed by atoms with Crippen LogP contribution in [-0.4, -0.2) is 58.4 Å². The van der Waals surface area contributed by atoms with Crippen LogP contribution in [0.3, 0.4) is 0 Å². The number of carbonyl (C=O) groups is 4. The Morgan fingerprint density at radius 3 is 1.94 bits per heavy atom. The lowest BCUT2D eigenvalue weighted by molar-refractivity contribution is -0.119. The molecule has 0 atom stereocenters. The maximum atomic E-state index is 12.4. The monoisotopic (exact) mass is 473 g/mol. The lowest BCUT2D eigenvalue weighted by Crippen LogP contribution is -2.21. The third-order valence-electron chi connectivity index (χ3n) is 4.36. The van der Waals surface area contributed by atoms with Crippen molar-refractivity contribution in [3.8, 4) is 11.5 Å². The van der Waals surface area contributed by atoms with Crippen molar-refractivity contribution in [2.45, 2.75) is 13.8 Å². The number of ether oxygens (including phenoxy) is 5. The largest absolute Gasteiger partial charge is 0.493 e. The molecular formula is C24H27NO9. The summed E-state index contributed by atoms with van der Waals surface area (Å²) >= 11 is 0. The van der Waals surface area contributed by atoms with Crippen molar-refractivity contribution in [3.05, 3.63) is 53.1 Å². The number of hydrogen-bond donors (Lipinski definition) is 1. The molecule has 2 aromatic rings. The number of esters is 3. The summed E-state index contributed by atoms with van der Waals surface area (Å²) in [4.78, 5) is 48.4. The molecule has 1 amide bonds. The Labute approximate surface area is 197 Å². The molecule has 0 bridgehead atoms. The zero-order valence-electron chi connectivity index (χ0n) is 19.6. The SMILES string of the molecule is COC(=O)c1cc(NC(=O)COC(=O)c2ccc(OCC(C)C)c(OC)c2)cc(C(=O)OC)c1. The normalized spacial score (nSPS) is 10.3. The highest BCUT2D eigenvalue weighted by molar-refractivity contribution is 6.00. The summed E-state index contributed by atoms with van der Waals surface area (Å²) in [6, 6.07) is 8.45. The van der Waals surface area contributed by atoms with Gasteiger partial charge in [-0.25, -0.2) is 14.4 Å². The Kier molecular flexibility index (Phi) is 9.42. The highest BCUT2D eigenvalue weighted by Gasteiger charge is 2.17. The average Bonchev–Trinajstić information content (AvgIpc) is 2.84. The predicted octanol–water partition coefficient (Wildman–Crippen LogP) is 3.10. The summed E-state index contributed by atoms with van der Waals surface area (Å²) in [6.45, 7) is 3.88.